The van der Waals surface area contributed by atoms with Crippen LogP contribution < -0.4 is 15.4 Å². The van der Waals surface area contributed by atoms with Gasteiger partial charge >= 0.3 is 5.97 Å². The fourth-order valence-electron chi connectivity index (χ4n) is 8.60. The SMILES string of the molecule is CCC(=O)N[C@@H](CC(=O)OC(C)(C)C)C(=O)C[C@@H](Cc1ccc(OC(C)(C)C)cc1)C(=O)NC(C)(C)[C@@H](Cc1ccccc1)C(=O)CCc1cc2ccc3cccc4ccc(c1)c2c34. The van der Waals surface area contributed by atoms with E-state index in [-0.39, 0.29) is 37.9 Å². The van der Waals surface area contributed by atoms with E-state index < -0.39 is 58.2 Å². The van der Waals surface area contributed by atoms with Crippen LogP contribution in [0.1, 0.15) is 105 Å². The molecule has 0 aliphatic heterocycles. The van der Waals surface area contributed by atoms with Gasteiger partial charge in [-0.05, 0) is 136 Å². The van der Waals surface area contributed by atoms with Crippen molar-refractivity contribution < 1.29 is 33.4 Å². The molecule has 6 rings (SSSR count). The first kappa shape index (κ1) is 47.4. The third kappa shape index (κ3) is 12.5. The molecule has 2 amide bonds. The Morgan fingerprint density at radius 3 is 1.75 bits per heavy atom. The molecule has 3 atom stereocenters. The molecule has 64 heavy (non-hydrogen) atoms. The van der Waals surface area contributed by atoms with Crippen molar-refractivity contribution >= 4 is 61.7 Å². The average molecular weight is 865 g/mol. The highest BCUT2D eigenvalue weighted by molar-refractivity contribution is 6.23. The van der Waals surface area contributed by atoms with Crippen molar-refractivity contribution in [2.45, 2.75) is 130 Å². The first-order chi connectivity index (χ1) is 30.2. The summed E-state index contributed by atoms with van der Waals surface area (Å²) in [6.45, 7) is 16.5. The molecular weight excluding hydrogens is 801 g/mol. The van der Waals surface area contributed by atoms with Gasteiger partial charge in [0.2, 0.25) is 11.8 Å². The van der Waals surface area contributed by atoms with Gasteiger partial charge in [-0.2, -0.15) is 0 Å². The first-order valence-corrected chi connectivity index (χ1v) is 22.5. The standard InChI is InChI=1S/C55H64N2O7/c1-10-48(60)56-45(34-49(61)64-54(5,6)7)47(59)33-42(29-36-19-26-43(27-20-36)63-53(2,3)4)52(62)57-55(8,9)44(32-35-15-12-11-13-16-35)46(58)28-21-37-30-40-24-22-38-17-14-18-39-23-25-41(31-37)51(40)50(38)39/h11-20,22-27,30-31,42,44-45H,10,21,28-29,32-34H2,1-9H3,(H,56,60)(H,57,62)/t42-,44+,45+/m1/s1. The number of hydrogen-bond acceptors (Lipinski definition) is 7. The number of carbonyl (C=O) groups excluding carboxylic acids is 5. The number of ketones is 2. The zero-order valence-corrected chi connectivity index (χ0v) is 38.9. The molecule has 0 saturated carbocycles. The molecule has 0 fully saturated rings. The summed E-state index contributed by atoms with van der Waals surface area (Å²) in [5, 5.41) is 13.1. The molecule has 0 unspecified atom stereocenters. The van der Waals surface area contributed by atoms with Crippen molar-refractivity contribution in [2.24, 2.45) is 11.8 Å². The summed E-state index contributed by atoms with van der Waals surface area (Å²) < 4.78 is 11.5. The third-order valence-corrected chi connectivity index (χ3v) is 11.7. The van der Waals surface area contributed by atoms with Gasteiger partial charge in [0.25, 0.3) is 0 Å². The summed E-state index contributed by atoms with van der Waals surface area (Å²) in [6, 6.07) is 35.3. The summed E-state index contributed by atoms with van der Waals surface area (Å²) in [5.41, 5.74) is 0.561. The zero-order valence-electron chi connectivity index (χ0n) is 38.9. The Kier molecular flexibility index (Phi) is 14.6. The van der Waals surface area contributed by atoms with Crippen molar-refractivity contribution in [2.75, 3.05) is 0 Å². The highest BCUT2D eigenvalue weighted by atomic mass is 16.6. The minimum absolute atomic E-state index is 0.0148. The Labute approximate surface area is 378 Å². The molecule has 9 nitrogen and oxygen atoms in total. The maximum absolute atomic E-state index is 14.7. The molecule has 0 radical (unpaired) electrons. The topological polar surface area (TPSA) is 128 Å². The van der Waals surface area contributed by atoms with E-state index in [4.69, 9.17) is 9.47 Å². The second kappa shape index (κ2) is 19.7. The van der Waals surface area contributed by atoms with Gasteiger partial charge in [-0.15, -0.1) is 0 Å². The van der Waals surface area contributed by atoms with Crippen molar-refractivity contribution in [1.82, 2.24) is 10.6 Å². The van der Waals surface area contributed by atoms with Crippen LogP contribution in [0, 0.1) is 11.8 Å². The van der Waals surface area contributed by atoms with E-state index in [1.54, 1.807) is 27.7 Å². The average Bonchev–Trinajstić information content (AvgIpc) is 3.22. The van der Waals surface area contributed by atoms with Gasteiger partial charge < -0.3 is 20.1 Å². The molecule has 0 aromatic heterocycles. The number of benzene rings is 6. The maximum Gasteiger partial charge on any atom is 0.308 e. The van der Waals surface area contributed by atoms with E-state index >= 15 is 0 Å². The summed E-state index contributed by atoms with van der Waals surface area (Å²) >= 11 is 0. The molecule has 6 aromatic carbocycles. The summed E-state index contributed by atoms with van der Waals surface area (Å²) in [6.07, 6.45) is 0.822. The summed E-state index contributed by atoms with van der Waals surface area (Å²) in [5.74, 6) is -2.76. The first-order valence-electron chi connectivity index (χ1n) is 22.5. The number of amides is 2. The Morgan fingerprint density at radius 2 is 1.17 bits per heavy atom. The number of ether oxygens (including phenoxy) is 2. The van der Waals surface area contributed by atoms with Crippen LogP contribution in [-0.4, -0.2) is 52.1 Å². The molecule has 0 spiro atoms. The van der Waals surface area contributed by atoms with Crippen LogP contribution in [0.2, 0.25) is 0 Å². The van der Waals surface area contributed by atoms with Gasteiger partial charge in [0.05, 0.1) is 12.5 Å². The molecule has 0 saturated heterocycles. The van der Waals surface area contributed by atoms with Gasteiger partial charge in [0, 0.05) is 36.6 Å². The summed E-state index contributed by atoms with van der Waals surface area (Å²) in [4.78, 5) is 69.2. The van der Waals surface area contributed by atoms with Crippen LogP contribution in [0.5, 0.6) is 5.75 Å². The molecule has 0 heterocycles. The van der Waals surface area contributed by atoms with Gasteiger partial charge in [-0.25, -0.2) is 0 Å². The Bertz CT molecular complexity index is 2540. The van der Waals surface area contributed by atoms with E-state index in [1.165, 1.54) is 21.5 Å². The minimum Gasteiger partial charge on any atom is -0.488 e. The van der Waals surface area contributed by atoms with Crippen molar-refractivity contribution in [3.63, 3.8) is 0 Å². The minimum atomic E-state index is -1.19. The highest BCUT2D eigenvalue weighted by Gasteiger charge is 2.39. The number of Topliss-reactive ketones (excluding diaryl/α,β-unsaturated/α-hetero) is 2. The predicted octanol–water partition coefficient (Wildman–Crippen LogP) is 10.5. The molecule has 2 N–H and O–H groups in total. The van der Waals surface area contributed by atoms with Crippen molar-refractivity contribution in [3.05, 3.63) is 126 Å². The number of esters is 1. The number of nitrogens with one attached hydrogen (secondary N) is 2. The van der Waals surface area contributed by atoms with Crippen LogP contribution in [0.4, 0.5) is 0 Å². The van der Waals surface area contributed by atoms with Gasteiger partial charge in [-0.1, -0.05) is 104 Å². The quantitative estimate of drug-likeness (QED) is 0.0613. The number of aryl methyl sites for hydroxylation is 1. The fourth-order valence-corrected chi connectivity index (χ4v) is 8.60. The van der Waals surface area contributed by atoms with Crippen molar-refractivity contribution in [3.8, 4) is 5.75 Å². The fraction of sp³-hybridized carbons (Fsp3) is 0.400. The van der Waals surface area contributed by atoms with E-state index in [0.29, 0.717) is 18.6 Å². The van der Waals surface area contributed by atoms with Gasteiger partial charge in [0.15, 0.2) is 5.78 Å². The highest BCUT2D eigenvalue weighted by Crippen LogP contribution is 2.36. The van der Waals surface area contributed by atoms with Crippen LogP contribution in [0.15, 0.2) is 109 Å². The lowest BCUT2D eigenvalue weighted by molar-refractivity contribution is -0.156. The molecule has 0 bridgehead atoms. The lowest BCUT2D eigenvalue weighted by Gasteiger charge is -2.36. The molecule has 6 aromatic rings. The van der Waals surface area contributed by atoms with Crippen LogP contribution >= 0.6 is 0 Å². The lowest BCUT2D eigenvalue weighted by Crippen LogP contribution is -2.54. The number of carbonyl (C=O) groups is 5. The van der Waals surface area contributed by atoms with Crippen LogP contribution in [0.3, 0.4) is 0 Å². The molecule has 9 heteroatoms. The van der Waals surface area contributed by atoms with Crippen LogP contribution in [0.25, 0.3) is 32.3 Å². The smallest absolute Gasteiger partial charge is 0.308 e. The number of rotatable bonds is 19. The summed E-state index contributed by atoms with van der Waals surface area (Å²) in [7, 11) is 0. The normalized spacial score (nSPS) is 13.6. The van der Waals surface area contributed by atoms with E-state index in [0.717, 1.165) is 27.5 Å². The van der Waals surface area contributed by atoms with Crippen molar-refractivity contribution in [1.29, 1.82) is 0 Å². The second-order valence-electron chi connectivity index (χ2n) is 19.7. The van der Waals surface area contributed by atoms with E-state index in [1.807, 2.05) is 89.2 Å². The second-order valence-corrected chi connectivity index (χ2v) is 19.7. The van der Waals surface area contributed by atoms with Gasteiger partial charge in [0.1, 0.15) is 22.7 Å². The zero-order chi connectivity index (χ0) is 46.4. The predicted molar refractivity (Wildman–Crippen MR) is 256 cm³/mol. The van der Waals surface area contributed by atoms with E-state index in [2.05, 4.69) is 65.2 Å². The molecular formula is C55H64N2O7. The largest absolute Gasteiger partial charge is 0.488 e. The van der Waals surface area contributed by atoms with Gasteiger partial charge in [-0.3, -0.25) is 24.0 Å². The lowest BCUT2D eigenvalue weighted by atomic mass is 9.77. The Morgan fingerprint density at radius 1 is 0.594 bits per heavy atom. The third-order valence-electron chi connectivity index (χ3n) is 11.7. The molecule has 0 aliphatic carbocycles. The maximum atomic E-state index is 14.7. The van der Waals surface area contributed by atoms with Crippen LogP contribution in [-0.2, 0) is 48.0 Å². The Balaban J connectivity index is 1.26. The molecule has 0 aliphatic rings. The monoisotopic (exact) mass is 864 g/mol. The van der Waals surface area contributed by atoms with E-state index in [9.17, 15) is 24.0 Å². The number of hydrogen-bond donors (Lipinski definition) is 2. The Hall–Kier alpha value is -6.09. The molecule has 336 valence electrons.